The Bertz CT molecular complexity index is 1140. The largest absolute Gasteiger partial charge is 0.482 e. The van der Waals surface area contributed by atoms with Gasteiger partial charge >= 0.3 is 17.9 Å². The van der Waals surface area contributed by atoms with E-state index in [-0.39, 0.29) is 35.4 Å². The normalized spacial score (nSPS) is 23.2. The second kappa shape index (κ2) is 9.09. The Labute approximate surface area is 189 Å². The number of pyridine rings is 1. The van der Waals surface area contributed by atoms with Gasteiger partial charge in [-0.05, 0) is 36.7 Å². The van der Waals surface area contributed by atoms with Crippen LogP contribution in [0.2, 0.25) is 0 Å². The summed E-state index contributed by atoms with van der Waals surface area (Å²) in [5, 5.41) is 9.94. The fourth-order valence-corrected chi connectivity index (χ4v) is 5.27. The van der Waals surface area contributed by atoms with E-state index in [4.69, 9.17) is 14.2 Å². The Kier molecular flexibility index (Phi) is 6.22. The number of carbonyl (C=O) groups is 3. The lowest BCUT2D eigenvalue weighted by Gasteiger charge is -2.32. The minimum absolute atomic E-state index is 0.0190. The van der Waals surface area contributed by atoms with Gasteiger partial charge in [0.05, 0.1) is 26.2 Å². The molecular weight excluding hydrogens is 430 g/mol. The molecule has 0 spiro atoms. The lowest BCUT2D eigenvalue weighted by atomic mass is 9.84. The van der Waals surface area contributed by atoms with Crippen molar-refractivity contribution in [3.8, 4) is 5.75 Å². The van der Waals surface area contributed by atoms with Crippen molar-refractivity contribution >= 4 is 17.9 Å². The maximum atomic E-state index is 13.2. The molecule has 4 atom stereocenters. The van der Waals surface area contributed by atoms with Gasteiger partial charge in [-0.3, -0.25) is 9.59 Å². The standard InChI is InChI=1S/C24H25NO8/c1-31-23(29)16-11-25(18-15-9-8-14(10-15)17(18)22(27)28)19(24(30)32-2)21(20(16)26)33-12-13-6-4-3-5-7-13/h3-7,11,14-15,17-18H,8-10,12H2,1-2H3,(H,27,28)/t14-,15+,17+,18?/m0/s1. The van der Waals surface area contributed by atoms with Crippen LogP contribution >= 0.6 is 0 Å². The molecular formula is C24H25NO8. The van der Waals surface area contributed by atoms with Crippen molar-refractivity contribution in [1.29, 1.82) is 0 Å². The van der Waals surface area contributed by atoms with Crippen LogP contribution in [-0.4, -0.2) is 41.8 Å². The summed E-state index contributed by atoms with van der Waals surface area (Å²) in [6.07, 6.45) is 3.49. The van der Waals surface area contributed by atoms with Crippen molar-refractivity contribution in [3.05, 3.63) is 63.6 Å². The number of ether oxygens (including phenoxy) is 3. The average Bonchev–Trinajstić information content (AvgIpc) is 3.44. The fraction of sp³-hybridized carbons (Fsp3) is 0.417. The van der Waals surface area contributed by atoms with Crippen molar-refractivity contribution in [2.45, 2.75) is 31.9 Å². The van der Waals surface area contributed by atoms with E-state index in [1.165, 1.54) is 17.9 Å². The summed E-state index contributed by atoms with van der Waals surface area (Å²) in [7, 11) is 2.31. The van der Waals surface area contributed by atoms with Crippen LogP contribution in [0.25, 0.3) is 0 Å². The first-order valence-electron chi connectivity index (χ1n) is 10.7. The Morgan fingerprint density at radius 3 is 2.33 bits per heavy atom. The van der Waals surface area contributed by atoms with E-state index in [0.717, 1.165) is 25.5 Å². The quantitative estimate of drug-likeness (QED) is 0.633. The summed E-state index contributed by atoms with van der Waals surface area (Å²) >= 11 is 0. The number of rotatable bonds is 7. The summed E-state index contributed by atoms with van der Waals surface area (Å²) in [6, 6.07) is 8.38. The van der Waals surface area contributed by atoms with Crippen molar-refractivity contribution in [1.82, 2.24) is 4.57 Å². The van der Waals surface area contributed by atoms with E-state index in [9.17, 15) is 24.3 Å². The Morgan fingerprint density at radius 1 is 1.03 bits per heavy atom. The summed E-state index contributed by atoms with van der Waals surface area (Å²) < 4.78 is 16.9. The van der Waals surface area contributed by atoms with Crippen LogP contribution in [0.4, 0.5) is 0 Å². The molecule has 1 aromatic heterocycles. The van der Waals surface area contributed by atoms with E-state index in [1.807, 2.05) is 6.07 Å². The molecule has 2 bridgehead atoms. The summed E-state index contributed by atoms with van der Waals surface area (Å²) in [6.45, 7) is -0.0379. The zero-order valence-electron chi connectivity index (χ0n) is 18.4. The van der Waals surface area contributed by atoms with E-state index < -0.39 is 35.3 Å². The lowest BCUT2D eigenvalue weighted by molar-refractivity contribution is -0.145. The van der Waals surface area contributed by atoms with Crippen molar-refractivity contribution in [2.24, 2.45) is 17.8 Å². The number of benzene rings is 1. The Morgan fingerprint density at radius 2 is 1.70 bits per heavy atom. The van der Waals surface area contributed by atoms with Gasteiger partial charge < -0.3 is 23.9 Å². The second-order valence-corrected chi connectivity index (χ2v) is 8.40. The zero-order chi connectivity index (χ0) is 23.7. The maximum absolute atomic E-state index is 13.2. The monoisotopic (exact) mass is 455 g/mol. The molecule has 2 saturated carbocycles. The highest BCUT2D eigenvalue weighted by Gasteiger charge is 2.53. The molecule has 9 heteroatoms. The number of fused-ring (bicyclic) bond motifs is 2. The van der Waals surface area contributed by atoms with Gasteiger partial charge in [0.1, 0.15) is 12.2 Å². The van der Waals surface area contributed by atoms with Crippen LogP contribution < -0.4 is 10.2 Å². The Hall–Kier alpha value is -3.62. The van der Waals surface area contributed by atoms with Gasteiger partial charge in [-0.2, -0.15) is 0 Å². The predicted molar refractivity (Wildman–Crippen MR) is 115 cm³/mol. The number of nitrogens with zero attached hydrogens (tertiary/aromatic N) is 1. The third-order valence-electron chi connectivity index (χ3n) is 6.68. The predicted octanol–water partition coefficient (Wildman–Crippen LogP) is 2.67. The van der Waals surface area contributed by atoms with Gasteiger partial charge in [0, 0.05) is 6.20 Å². The Balaban J connectivity index is 1.91. The molecule has 4 rings (SSSR count). The molecule has 2 aliphatic rings. The number of hydrogen-bond donors (Lipinski definition) is 1. The van der Waals surface area contributed by atoms with E-state index in [2.05, 4.69) is 0 Å². The number of carboxylic acid groups (broad SMARTS) is 1. The highest BCUT2D eigenvalue weighted by Crippen LogP contribution is 2.55. The minimum Gasteiger partial charge on any atom is -0.482 e. The van der Waals surface area contributed by atoms with Crippen LogP contribution in [-0.2, 0) is 20.9 Å². The summed E-state index contributed by atoms with van der Waals surface area (Å²) in [5.41, 5.74) is -0.606. The second-order valence-electron chi connectivity index (χ2n) is 8.40. The van der Waals surface area contributed by atoms with Gasteiger partial charge in [0.25, 0.3) is 0 Å². The van der Waals surface area contributed by atoms with Crippen molar-refractivity contribution in [3.63, 3.8) is 0 Å². The topological polar surface area (TPSA) is 121 Å². The highest BCUT2D eigenvalue weighted by atomic mass is 16.5. The summed E-state index contributed by atoms with van der Waals surface area (Å²) in [5.74, 6) is -3.91. The lowest BCUT2D eigenvalue weighted by Crippen LogP contribution is -2.36. The molecule has 2 fully saturated rings. The molecule has 33 heavy (non-hydrogen) atoms. The van der Waals surface area contributed by atoms with Crippen LogP contribution in [0.15, 0.2) is 41.3 Å². The fourth-order valence-electron chi connectivity index (χ4n) is 5.27. The van der Waals surface area contributed by atoms with Gasteiger partial charge in [-0.15, -0.1) is 0 Å². The molecule has 0 aliphatic heterocycles. The van der Waals surface area contributed by atoms with Crippen LogP contribution in [0, 0.1) is 17.8 Å². The van der Waals surface area contributed by atoms with Crippen molar-refractivity contribution in [2.75, 3.05) is 14.2 Å². The number of esters is 2. The molecule has 174 valence electrons. The van der Waals surface area contributed by atoms with E-state index >= 15 is 0 Å². The molecule has 1 aromatic carbocycles. The van der Waals surface area contributed by atoms with Gasteiger partial charge in [0.15, 0.2) is 11.4 Å². The van der Waals surface area contributed by atoms with Gasteiger partial charge in [-0.1, -0.05) is 30.3 Å². The van der Waals surface area contributed by atoms with Gasteiger partial charge in [0.2, 0.25) is 5.43 Å². The molecule has 0 saturated heterocycles. The third kappa shape index (κ3) is 3.99. The molecule has 2 aromatic rings. The number of aromatic nitrogens is 1. The minimum atomic E-state index is -0.979. The van der Waals surface area contributed by atoms with E-state index in [1.54, 1.807) is 24.3 Å². The van der Waals surface area contributed by atoms with E-state index in [0.29, 0.717) is 6.42 Å². The SMILES string of the molecule is COC(=O)c1cn(C2[C@@H]3CC[C@@H](C3)[C@H]2C(=O)O)c(C(=O)OC)c(OCc2ccccc2)c1=O. The number of hydrogen-bond acceptors (Lipinski definition) is 7. The van der Waals surface area contributed by atoms with Crippen LogP contribution in [0.1, 0.15) is 51.7 Å². The molecule has 1 heterocycles. The smallest absolute Gasteiger partial charge is 0.358 e. The van der Waals surface area contributed by atoms with Crippen LogP contribution in [0.3, 0.4) is 0 Å². The van der Waals surface area contributed by atoms with Gasteiger partial charge in [-0.25, -0.2) is 9.59 Å². The highest BCUT2D eigenvalue weighted by molar-refractivity contribution is 5.94. The first-order valence-corrected chi connectivity index (χ1v) is 10.7. The van der Waals surface area contributed by atoms with Crippen molar-refractivity contribution < 1.29 is 33.7 Å². The molecule has 2 aliphatic carbocycles. The molecule has 0 amide bonds. The number of carbonyl (C=O) groups excluding carboxylic acids is 2. The molecule has 1 N–H and O–H groups in total. The third-order valence-corrected chi connectivity index (χ3v) is 6.68. The zero-order valence-corrected chi connectivity index (χ0v) is 18.4. The number of carboxylic acids is 1. The average molecular weight is 455 g/mol. The summed E-state index contributed by atoms with van der Waals surface area (Å²) in [4.78, 5) is 50.7. The first kappa shape index (κ1) is 22.6. The number of methoxy groups -OCH3 is 2. The molecule has 0 radical (unpaired) electrons. The maximum Gasteiger partial charge on any atom is 0.358 e. The van der Waals surface area contributed by atoms with Crippen LogP contribution in [0.5, 0.6) is 5.75 Å². The molecule has 9 nitrogen and oxygen atoms in total. The first-order chi connectivity index (χ1) is 15.9. The number of aliphatic carboxylic acids is 1. The molecule has 1 unspecified atom stereocenters.